The first-order chi connectivity index (χ1) is 18.1. The van der Waals surface area contributed by atoms with Crippen LogP contribution in [0.25, 0.3) is 10.2 Å². The minimum atomic E-state index is -0.878. The minimum absolute atomic E-state index is 0.0159. The highest BCUT2D eigenvalue weighted by molar-refractivity contribution is 7.19. The van der Waals surface area contributed by atoms with E-state index >= 15 is 0 Å². The fourth-order valence-electron chi connectivity index (χ4n) is 4.21. The van der Waals surface area contributed by atoms with Crippen molar-refractivity contribution in [2.45, 2.75) is 47.5 Å². The Morgan fingerprint density at radius 1 is 1.05 bits per heavy atom. The van der Waals surface area contributed by atoms with Gasteiger partial charge in [0, 0.05) is 13.7 Å². The molecule has 7 nitrogen and oxygen atoms in total. The number of carbonyl (C=O) groups is 2. The maximum atomic E-state index is 14.1. The molecule has 0 aliphatic heterocycles. The third-order valence-corrected chi connectivity index (χ3v) is 7.57. The van der Waals surface area contributed by atoms with Gasteiger partial charge in [-0.25, -0.2) is 14.2 Å². The molecule has 38 heavy (non-hydrogen) atoms. The zero-order valence-corrected chi connectivity index (χ0v) is 24.3. The maximum Gasteiger partial charge on any atom is 0.342 e. The van der Waals surface area contributed by atoms with E-state index in [0.717, 1.165) is 36.6 Å². The van der Waals surface area contributed by atoms with E-state index < -0.39 is 17.7 Å². The molecule has 3 aromatic rings. The number of esters is 1. The van der Waals surface area contributed by atoms with Gasteiger partial charge >= 0.3 is 5.97 Å². The average Bonchev–Trinajstić information content (AvgIpc) is 3.27. The van der Waals surface area contributed by atoms with Crippen molar-refractivity contribution < 1.29 is 28.2 Å². The van der Waals surface area contributed by atoms with Crippen molar-refractivity contribution in [3.63, 3.8) is 0 Å². The highest BCUT2D eigenvalue weighted by Crippen LogP contribution is 2.33. The molecule has 0 aliphatic rings. The lowest BCUT2D eigenvalue weighted by Gasteiger charge is -2.21. The number of hydrogen-bond acceptors (Lipinski definition) is 7. The number of ether oxygens (including phenoxy) is 3. The summed E-state index contributed by atoms with van der Waals surface area (Å²) in [4.78, 5) is 29.1. The van der Waals surface area contributed by atoms with E-state index in [9.17, 15) is 14.0 Å². The van der Waals surface area contributed by atoms with Crippen LogP contribution in [0.2, 0.25) is 0 Å². The zero-order chi connectivity index (χ0) is 28.4. The summed E-state index contributed by atoms with van der Waals surface area (Å²) in [5.41, 5.74) is 0.610. The first-order valence-electron chi connectivity index (χ1n) is 12.7. The number of anilines is 1. The minimum Gasteiger partial charge on any atom is -0.496 e. The van der Waals surface area contributed by atoms with Gasteiger partial charge in [-0.05, 0) is 55.4 Å². The molecule has 0 aliphatic carbocycles. The van der Waals surface area contributed by atoms with E-state index in [-0.39, 0.29) is 16.8 Å². The molecule has 0 bridgehead atoms. The van der Waals surface area contributed by atoms with Crippen LogP contribution in [0.1, 0.15) is 66.3 Å². The van der Waals surface area contributed by atoms with Crippen LogP contribution in [0.5, 0.6) is 5.75 Å². The lowest BCUT2D eigenvalue weighted by molar-refractivity contribution is 0.0597. The smallest absolute Gasteiger partial charge is 0.342 e. The Kier molecular flexibility index (Phi) is 12.1. The summed E-state index contributed by atoms with van der Waals surface area (Å²) in [6.45, 7) is 12.0. The molecule has 208 valence electrons. The molecule has 1 amide bonds. The number of hydrogen-bond donors (Lipinski definition) is 1. The number of halogens is 1. The molecule has 2 aromatic carbocycles. The van der Waals surface area contributed by atoms with Gasteiger partial charge in [0.15, 0.2) is 0 Å². The largest absolute Gasteiger partial charge is 0.496 e. The predicted octanol–water partition coefficient (Wildman–Crippen LogP) is 7.13. The summed E-state index contributed by atoms with van der Waals surface area (Å²) in [5.74, 6) is 0.552. The quantitative estimate of drug-likeness (QED) is 0.272. The third kappa shape index (κ3) is 7.98. The molecule has 0 saturated carbocycles. The second kappa shape index (κ2) is 14.8. The molecule has 9 heteroatoms. The molecule has 3 unspecified atom stereocenters. The Labute approximate surface area is 228 Å². The van der Waals surface area contributed by atoms with Gasteiger partial charge in [-0.2, -0.15) is 0 Å². The van der Waals surface area contributed by atoms with Gasteiger partial charge in [-0.1, -0.05) is 40.2 Å². The predicted molar refractivity (Wildman–Crippen MR) is 151 cm³/mol. The highest BCUT2D eigenvalue weighted by Gasteiger charge is 2.23. The fourth-order valence-corrected chi connectivity index (χ4v) is 5.17. The molecule has 1 aromatic heterocycles. The van der Waals surface area contributed by atoms with Crippen LogP contribution < -0.4 is 10.1 Å². The second-order valence-electron chi connectivity index (χ2n) is 9.49. The van der Waals surface area contributed by atoms with Crippen LogP contribution in [0.4, 0.5) is 10.1 Å². The zero-order valence-electron chi connectivity index (χ0n) is 23.5. The molecule has 3 rings (SSSR count). The van der Waals surface area contributed by atoms with E-state index in [1.807, 2.05) is 6.92 Å². The number of benzene rings is 2. The van der Waals surface area contributed by atoms with Crippen molar-refractivity contribution in [1.82, 2.24) is 4.98 Å². The van der Waals surface area contributed by atoms with Gasteiger partial charge < -0.3 is 19.5 Å². The van der Waals surface area contributed by atoms with Crippen LogP contribution in [0.3, 0.4) is 0 Å². The Hall–Kier alpha value is -3.04. The number of methoxy groups -OCH3 is 3. The van der Waals surface area contributed by atoms with Crippen LogP contribution in [0, 0.1) is 30.5 Å². The Morgan fingerprint density at radius 2 is 1.76 bits per heavy atom. The molecular weight excluding hydrogens is 507 g/mol. The number of thiazole rings is 1. The van der Waals surface area contributed by atoms with Crippen LogP contribution in [-0.4, -0.2) is 44.8 Å². The number of fused-ring (bicyclic) bond motifs is 1. The van der Waals surface area contributed by atoms with Crippen LogP contribution in [-0.2, 0) is 9.47 Å². The monoisotopic (exact) mass is 546 g/mol. The Balaban J connectivity index is 0.000000358. The number of nitrogens with zero attached hydrogens (tertiary/aromatic N) is 1. The molecule has 1 heterocycles. The first kappa shape index (κ1) is 31.2. The summed E-state index contributed by atoms with van der Waals surface area (Å²) in [7, 11) is 4.38. The third-order valence-electron chi connectivity index (χ3n) is 6.57. The van der Waals surface area contributed by atoms with Gasteiger partial charge in [-0.3, -0.25) is 4.79 Å². The lowest BCUT2D eigenvalue weighted by Crippen LogP contribution is -2.17. The van der Waals surface area contributed by atoms with Crippen molar-refractivity contribution >= 4 is 39.1 Å². The second-order valence-corrected chi connectivity index (χ2v) is 10.7. The van der Waals surface area contributed by atoms with Crippen molar-refractivity contribution in [3.8, 4) is 5.75 Å². The van der Waals surface area contributed by atoms with Crippen LogP contribution >= 0.6 is 11.3 Å². The molecule has 0 fully saturated rings. The van der Waals surface area contributed by atoms with E-state index in [1.165, 1.54) is 43.4 Å². The van der Waals surface area contributed by atoms with Gasteiger partial charge in [0.05, 0.1) is 35.1 Å². The van der Waals surface area contributed by atoms with Crippen molar-refractivity contribution in [2.75, 3.05) is 33.3 Å². The van der Waals surface area contributed by atoms with Gasteiger partial charge in [0.1, 0.15) is 22.7 Å². The van der Waals surface area contributed by atoms with Crippen molar-refractivity contribution in [1.29, 1.82) is 0 Å². The van der Waals surface area contributed by atoms with E-state index in [2.05, 4.69) is 42.7 Å². The number of nitrogens with one attached hydrogen (secondary N) is 1. The van der Waals surface area contributed by atoms with E-state index in [4.69, 9.17) is 9.47 Å². The molecular formula is C29H39FN2O5S. The number of aryl methyl sites for hydroxylation is 1. The number of rotatable bonds is 10. The van der Waals surface area contributed by atoms with Gasteiger partial charge in [0.25, 0.3) is 5.91 Å². The summed E-state index contributed by atoms with van der Waals surface area (Å²) in [6, 6.07) is 7.35. The summed E-state index contributed by atoms with van der Waals surface area (Å²) >= 11 is 1.35. The molecule has 0 radical (unpaired) electrons. The van der Waals surface area contributed by atoms with E-state index in [1.54, 1.807) is 19.2 Å². The van der Waals surface area contributed by atoms with E-state index in [0.29, 0.717) is 21.9 Å². The molecule has 0 spiro atoms. The molecule has 1 N–H and O–H groups in total. The fraction of sp³-hybridized carbons (Fsp3) is 0.483. The van der Waals surface area contributed by atoms with Crippen molar-refractivity contribution in [2.24, 2.45) is 17.8 Å². The molecule has 0 saturated heterocycles. The number of aromatic nitrogens is 1. The first-order valence-corrected chi connectivity index (χ1v) is 13.5. The topological polar surface area (TPSA) is 86.8 Å². The summed E-state index contributed by atoms with van der Waals surface area (Å²) in [6.07, 6.45) is 2.59. The average molecular weight is 547 g/mol. The lowest BCUT2D eigenvalue weighted by atomic mass is 9.86. The summed E-state index contributed by atoms with van der Waals surface area (Å²) in [5, 5.41) is 3.37. The Morgan fingerprint density at radius 3 is 2.37 bits per heavy atom. The standard InChI is InChI=1S/C18H15FN2O4S.C11H24O/c1-9-20-12-7-8-13(24-2)15(16(12)26-9)17(22)21-11-6-4-5-10(19)14(11)18(23)25-3;1-6-10(3)11(4)7-9(2)8-12-5/h4-8H,1-3H3,(H,21,22);9-11H,6-8H2,1-5H3. The summed E-state index contributed by atoms with van der Waals surface area (Å²) < 4.78 is 29.7. The number of amides is 1. The Bertz CT molecular complexity index is 1230. The SMILES string of the molecule is CCC(C)C(C)CC(C)COC.COC(=O)c1c(F)cccc1NC(=O)c1c(OC)ccc2nc(C)sc12. The highest BCUT2D eigenvalue weighted by atomic mass is 32.1. The maximum absolute atomic E-state index is 14.1. The van der Waals surface area contributed by atoms with Crippen molar-refractivity contribution in [3.05, 3.63) is 52.3 Å². The van der Waals surface area contributed by atoms with Gasteiger partial charge in [-0.15, -0.1) is 11.3 Å². The normalized spacial score (nSPS) is 13.2. The number of carbonyl (C=O) groups excluding carboxylic acids is 2. The molecule has 3 atom stereocenters. The van der Waals surface area contributed by atoms with Crippen LogP contribution in [0.15, 0.2) is 30.3 Å². The van der Waals surface area contributed by atoms with Gasteiger partial charge in [0.2, 0.25) is 0 Å².